The zero-order valence-corrected chi connectivity index (χ0v) is 25.2. The second-order valence-corrected chi connectivity index (χ2v) is 11.2. The molecular formula is C35H28ClN5O5. The van der Waals surface area contributed by atoms with Gasteiger partial charge in [-0.1, -0.05) is 60.1 Å². The lowest BCUT2D eigenvalue weighted by atomic mass is 9.87. The molecule has 0 aliphatic carbocycles. The molecule has 1 N–H and O–H groups in total. The van der Waals surface area contributed by atoms with E-state index in [1.54, 1.807) is 41.3 Å². The predicted octanol–water partition coefficient (Wildman–Crippen LogP) is 5.54. The molecule has 1 aromatic heterocycles. The highest BCUT2D eigenvalue weighted by molar-refractivity contribution is 6.30. The molecule has 0 saturated heterocycles. The Kier molecular flexibility index (Phi) is 8.98. The summed E-state index contributed by atoms with van der Waals surface area (Å²) >= 11 is 6.26. The van der Waals surface area contributed by atoms with E-state index in [-0.39, 0.29) is 23.7 Å². The molecule has 5 aromatic rings. The number of ether oxygens (including phenoxy) is 1. The summed E-state index contributed by atoms with van der Waals surface area (Å²) in [7, 11) is 0. The molecule has 10 nitrogen and oxygen atoms in total. The fraction of sp³-hybridized carbons (Fsp3) is 0.143. The second-order valence-electron chi connectivity index (χ2n) is 10.8. The van der Waals surface area contributed by atoms with Crippen LogP contribution in [-0.2, 0) is 29.0 Å². The van der Waals surface area contributed by atoms with Gasteiger partial charge in [0.2, 0.25) is 5.91 Å². The number of carbonyl (C=O) groups excluding carboxylic acids is 2. The quantitative estimate of drug-likeness (QED) is 0.199. The summed E-state index contributed by atoms with van der Waals surface area (Å²) in [5, 5.41) is 21.1. The molecule has 230 valence electrons. The SMILES string of the molecule is O=C(O)c1ccc(CC(=O)[C@@H]2c3ccc(OCc4ccccc4)cc3CCN2C(=O)/C=C/c2cc(Cl)ccc2-n2cnnn2)cc1. The molecule has 4 aromatic carbocycles. The molecule has 0 unspecified atom stereocenters. The van der Waals surface area contributed by atoms with Gasteiger partial charge in [0.1, 0.15) is 24.7 Å². The van der Waals surface area contributed by atoms with Crippen LogP contribution in [0, 0.1) is 0 Å². The Labute approximate surface area is 269 Å². The Balaban J connectivity index is 1.29. The van der Waals surface area contributed by atoms with E-state index in [9.17, 15) is 19.5 Å². The van der Waals surface area contributed by atoms with Gasteiger partial charge < -0.3 is 14.7 Å². The zero-order chi connectivity index (χ0) is 32.0. The first-order chi connectivity index (χ1) is 22.4. The monoisotopic (exact) mass is 633 g/mol. The minimum absolute atomic E-state index is 0.0154. The smallest absolute Gasteiger partial charge is 0.335 e. The van der Waals surface area contributed by atoms with Crippen molar-refractivity contribution >= 4 is 35.3 Å². The number of carboxylic acids is 1. The third-order valence-corrected chi connectivity index (χ3v) is 7.98. The van der Waals surface area contributed by atoms with Crippen LogP contribution < -0.4 is 4.74 Å². The predicted molar refractivity (Wildman–Crippen MR) is 171 cm³/mol. The maximum absolute atomic E-state index is 14.0. The summed E-state index contributed by atoms with van der Waals surface area (Å²) in [6.07, 6.45) is 5.04. The fourth-order valence-electron chi connectivity index (χ4n) is 5.48. The van der Waals surface area contributed by atoms with E-state index in [4.69, 9.17) is 16.3 Å². The van der Waals surface area contributed by atoms with Crippen LogP contribution in [0.2, 0.25) is 5.02 Å². The zero-order valence-electron chi connectivity index (χ0n) is 24.5. The molecular weight excluding hydrogens is 606 g/mol. The maximum atomic E-state index is 14.0. The molecule has 0 spiro atoms. The standard InChI is InChI=1S/C35H28ClN5O5/c36-28-11-14-31(41-22-37-38-39-41)27(19-28)10-15-33(43)40-17-16-26-20-29(46-21-24-4-2-1-3-5-24)12-13-30(26)34(40)32(42)18-23-6-8-25(9-7-23)35(44)45/h1-15,19-20,22,34H,16-18,21H2,(H,44,45)/b15-10+/t34-/m0/s1. The lowest BCUT2D eigenvalue weighted by Crippen LogP contribution is -2.43. The lowest BCUT2D eigenvalue weighted by Gasteiger charge is -2.36. The number of halogens is 1. The van der Waals surface area contributed by atoms with Crippen LogP contribution in [0.5, 0.6) is 5.75 Å². The minimum Gasteiger partial charge on any atom is -0.489 e. The number of hydrogen-bond acceptors (Lipinski definition) is 7. The van der Waals surface area contributed by atoms with Gasteiger partial charge in [0.05, 0.1) is 11.3 Å². The Morgan fingerprint density at radius 3 is 2.50 bits per heavy atom. The molecule has 0 fully saturated rings. The number of carbonyl (C=O) groups is 3. The highest BCUT2D eigenvalue weighted by Gasteiger charge is 2.35. The topological polar surface area (TPSA) is 128 Å². The van der Waals surface area contributed by atoms with Crippen molar-refractivity contribution in [3.05, 3.63) is 142 Å². The fourth-order valence-corrected chi connectivity index (χ4v) is 5.66. The number of benzene rings is 4. The van der Waals surface area contributed by atoms with Crippen molar-refractivity contribution in [2.75, 3.05) is 6.54 Å². The summed E-state index contributed by atoms with van der Waals surface area (Å²) < 4.78 is 7.51. The van der Waals surface area contributed by atoms with Gasteiger partial charge in [-0.2, -0.15) is 4.68 Å². The van der Waals surface area contributed by atoms with Gasteiger partial charge in [0, 0.05) is 29.6 Å². The molecule has 1 atom stereocenters. The van der Waals surface area contributed by atoms with Gasteiger partial charge in [0.15, 0.2) is 5.78 Å². The van der Waals surface area contributed by atoms with Gasteiger partial charge in [-0.25, -0.2) is 4.79 Å². The number of aromatic carboxylic acids is 1. The normalized spacial score (nSPS) is 14.2. The van der Waals surface area contributed by atoms with Crippen LogP contribution in [0.1, 0.15) is 44.2 Å². The summed E-state index contributed by atoms with van der Waals surface area (Å²) in [5.74, 6) is -0.914. The van der Waals surface area contributed by atoms with E-state index in [0.29, 0.717) is 47.2 Å². The Hall–Kier alpha value is -5.61. The number of nitrogens with zero attached hydrogens (tertiary/aromatic N) is 5. The summed E-state index contributed by atoms with van der Waals surface area (Å²) in [6, 6.07) is 25.9. The third-order valence-electron chi connectivity index (χ3n) is 7.75. The number of carboxylic acid groups (broad SMARTS) is 1. The van der Waals surface area contributed by atoms with Crippen molar-refractivity contribution in [3.63, 3.8) is 0 Å². The van der Waals surface area contributed by atoms with Crippen molar-refractivity contribution in [2.45, 2.75) is 25.5 Å². The van der Waals surface area contributed by atoms with Gasteiger partial charge in [-0.05, 0) is 87.6 Å². The van der Waals surface area contributed by atoms with Crippen LogP contribution in [-0.4, -0.2) is 54.4 Å². The van der Waals surface area contributed by atoms with Gasteiger partial charge in [-0.3, -0.25) is 9.59 Å². The average Bonchev–Trinajstić information content (AvgIpc) is 3.61. The molecule has 0 radical (unpaired) electrons. The second kappa shape index (κ2) is 13.6. The van der Waals surface area contributed by atoms with Crippen molar-refractivity contribution in [2.24, 2.45) is 0 Å². The number of Topliss-reactive ketones (excluding diaryl/α,β-unsaturated/α-hetero) is 1. The molecule has 1 aliphatic heterocycles. The molecule has 11 heteroatoms. The Morgan fingerprint density at radius 1 is 0.957 bits per heavy atom. The molecule has 1 amide bonds. The number of fused-ring (bicyclic) bond motifs is 1. The van der Waals surface area contributed by atoms with Crippen LogP contribution >= 0.6 is 11.6 Å². The lowest BCUT2D eigenvalue weighted by molar-refractivity contribution is -0.136. The van der Waals surface area contributed by atoms with Crippen molar-refractivity contribution in [1.29, 1.82) is 0 Å². The average molecular weight is 634 g/mol. The van der Waals surface area contributed by atoms with Crippen LogP contribution in [0.15, 0.2) is 103 Å². The molecule has 46 heavy (non-hydrogen) atoms. The molecule has 0 saturated carbocycles. The van der Waals surface area contributed by atoms with Crippen molar-refractivity contribution < 1.29 is 24.2 Å². The van der Waals surface area contributed by atoms with E-state index >= 15 is 0 Å². The number of aromatic nitrogens is 4. The first-order valence-electron chi connectivity index (χ1n) is 14.5. The van der Waals surface area contributed by atoms with E-state index in [2.05, 4.69) is 15.5 Å². The van der Waals surface area contributed by atoms with Gasteiger partial charge in [0.25, 0.3) is 0 Å². The highest BCUT2D eigenvalue weighted by atomic mass is 35.5. The van der Waals surface area contributed by atoms with E-state index in [0.717, 1.165) is 16.7 Å². The summed E-state index contributed by atoms with van der Waals surface area (Å²) in [5.41, 5.74) is 4.71. The number of amides is 1. The largest absolute Gasteiger partial charge is 0.489 e. The summed E-state index contributed by atoms with van der Waals surface area (Å²) in [4.78, 5) is 40.7. The number of hydrogen-bond donors (Lipinski definition) is 1. The van der Waals surface area contributed by atoms with Crippen molar-refractivity contribution in [1.82, 2.24) is 25.1 Å². The Bertz CT molecular complexity index is 1910. The molecule has 1 aliphatic rings. The molecule has 6 rings (SSSR count). The number of rotatable bonds is 10. The van der Waals surface area contributed by atoms with Crippen LogP contribution in [0.25, 0.3) is 11.8 Å². The number of ketones is 1. The molecule has 0 bridgehead atoms. The van der Waals surface area contributed by atoms with E-state index < -0.39 is 12.0 Å². The molecule has 2 heterocycles. The minimum atomic E-state index is -1.05. The van der Waals surface area contributed by atoms with Crippen molar-refractivity contribution in [3.8, 4) is 11.4 Å². The third kappa shape index (κ3) is 6.87. The summed E-state index contributed by atoms with van der Waals surface area (Å²) in [6.45, 7) is 0.710. The van der Waals surface area contributed by atoms with Crippen LogP contribution in [0.3, 0.4) is 0 Å². The number of tetrazole rings is 1. The van der Waals surface area contributed by atoms with Crippen LogP contribution in [0.4, 0.5) is 0 Å². The first kappa shape index (κ1) is 30.4. The van der Waals surface area contributed by atoms with Gasteiger partial charge >= 0.3 is 5.97 Å². The highest BCUT2D eigenvalue weighted by Crippen LogP contribution is 2.34. The first-order valence-corrected chi connectivity index (χ1v) is 14.9. The Morgan fingerprint density at radius 2 is 1.76 bits per heavy atom. The van der Waals surface area contributed by atoms with E-state index in [1.165, 1.54) is 29.2 Å². The maximum Gasteiger partial charge on any atom is 0.335 e. The van der Waals surface area contributed by atoms with Gasteiger partial charge in [-0.15, -0.1) is 5.10 Å². The van der Waals surface area contributed by atoms with E-state index in [1.807, 2.05) is 48.5 Å².